The quantitative estimate of drug-likeness (QED) is 0.852. The molecule has 8 nitrogen and oxygen atoms in total. The van der Waals surface area contributed by atoms with E-state index < -0.39 is 5.54 Å². The highest BCUT2D eigenvalue weighted by atomic mass is 16.5. The molecule has 3 heterocycles. The Balaban J connectivity index is 1.71. The van der Waals surface area contributed by atoms with E-state index in [9.17, 15) is 4.79 Å². The molecule has 2 aromatic heterocycles. The summed E-state index contributed by atoms with van der Waals surface area (Å²) in [6.07, 6.45) is 4.75. The van der Waals surface area contributed by atoms with E-state index >= 15 is 0 Å². The summed E-state index contributed by atoms with van der Waals surface area (Å²) in [5.74, 6) is 1.53. The van der Waals surface area contributed by atoms with Gasteiger partial charge in [-0.2, -0.15) is 10.1 Å². The average molecular weight is 346 g/mol. The topological polar surface area (TPSA) is 89.1 Å². The Kier molecular flexibility index (Phi) is 4.89. The van der Waals surface area contributed by atoms with Crippen LogP contribution in [0.5, 0.6) is 0 Å². The first-order valence-electron chi connectivity index (χ1n) is 8.69. The molecule has 0 spiro atoms. The van der Waals surface area contributed by atoms with Crippen LogP contribution in [0.15, 0.2) is 16.9 Å². The Bertz CT molecular complexity index is 737. The van der Waals surface area contributed by atoms with Crippen molar-refractivity contribution >= 4 is 5.91 Å². The van der Waals surface area contributed by atoms with E-state index in [1.54, 1.807) is 6.92 Å². The van der Waals surface area contributed by atoms with Crippen molar-refractivity contribution < 1.29 is 9.32 Å². The third kappa shape index (κ3) is 4.07. The van der Waals surface area contributed by atoms with Crippen molar-refractivity contribution in [3.8, 4) is 0 Å². The van der Waals surface area contributed by atoms with E-state index in [0.717, 1.165) is 26.1 Å². The molecule has 1 unspecified atom stereocenters. The van der Waals surface area contributed by atoms with Crippen molar-refractivity contribution in [2.24, 2.45) is 5.92 Å². The lowest BCUT2D eigenvalue weighted by Crippen LogP contribution is -2.47. The van der Waals surface area contributed by atoms with Crippen LogP contribution in [0.2, 0.25) is 0 Å². The molecule has 1 aliphatic rings. The van der Waals surface area contributed by atoms with Gasteiger partial charge in [0.2, 0.25) is 5.91 Å². The van der Waals surface area contributed by atoms with Gasteiger partial charge in [-0.1, -0.05) is 19.0 Å². The predicted octanol–water partition coefficient (Wildman–Crippen LogP) is 1.47. The van der Waals surface area contributed by atoms with Crippen molar-refractivity contribution in [3.63, 3.8) is 0 Å². The fourth-order valence-electron chi connectivity index (χ4n) is 3.40. The number of hydrogen-bond acceptors (Lipinski definition) is 6. The van der Waals surface area contributed by atoms with Crippen LogP contribution in [0, 0.1) is 12.8 Å². The van der Waals surface area contributed by atoms with Crippen LogP contribution >= 0.6 is 0 Å². The smallest absolute Gasteiger partial charge is 0.253 e. The van der Waals surface area contributed by atoms with Crippen molar-refractivity contribution in [2.45, 2.75) is 52.7 Å². The van der Waals surface area contributed by atoms with Gasteiger partial charge in [-0.05, 0) is 19.3 Å². The summed E-state index contributed by atoms with van der Waals surface area (Å²) in [5, 5.41) is 11.3. The summed E-state index contributed by atoms with van der Waals surface area (Å²) >= 11 is 0. The number of carbonyl (C=O) groups is 1. The highest BCUT2D eigenvalue weighted by Crippen LogP contribution is 2.32. The maximum Gasteiger partial charge on any atom is 0.253 e. The summed E-state index contributed by atoms with van der Waals surface area (Å²) in [6, 6.07) is 0. The molecule has 8 heteroatoms. The van der Waals surface area contributed by atoms with Gasteiger partial charge in [0, 0.05) is 44.9 Å². The van der Waals surface area contributed by atoms with E-state index in [0.29, 0.717) is 24.2 Å². The Hall–Kier alpha value is -2.22. The summed E-state index contributed by atoms with van der Waals surface area (Å²) < 4.78 is 7.36. The first kappa shape index (κ1) is 17.6. The number of rotatable bonds is 6. The number of carbonyl (C=O) groups excluding carboxylic acids is 1. The summed E-state index contributed by atoms with van der Waals surface area (Å²) in [4.78, 5) is 18.4. The van der Waals surface area contributed by atoms with Crippen molar-refractivity contribution in [3.05, 3.63) is 29.7 Å². The fourth-order valence-corrected chi connectivity index (χ4v) is 3.40. The molecule has 0 radical (unpaired) electrons. The van der Waals surface area contributed by atoms with Gasteiger partial charge in [-0.3, -0.25) is 14.4 Å². The first-order chi connectivity index (χ1) is 11.9. The maximum absolute atomic E-state index is 11.7. The van der Waals surface area contributed by atoms with Gasteiger partial charge in [-0.15, -0.1) is 0 Å². The van der Waals surface area contributed by atoms with E-state index in [1.165, 1.54) is 12.5 Å². The normalized spacial score (nSPS) is 21.2. The molecule has 1 amide bonds. The highest BCUT2D eigenvalue weighted by molar-refractivity contribution is 5.74. The monoisotopic (exact) mass is 346 g/mol. The molecule has 25 heavy (non-hydrogen) atoms. The molecular weight excluding hydrogens is 320 g/mol. The minimum Gasteiger partial charge on any atom is -0.341 e. The van der Waals surface area contributed by atoms with Crippen LogP contribution in [0.25, 0.3) is 0 Å². The van der Waals surface area contributed by atoms with Gasteiger partial charge < -0.3 is 9.84 Å². The summed E-state index contributed by atoms with van der Waals surface area (Å²) in [6.45, 7) is 10.8. The van der Waals surface area contributed by atoms with E-state index in [1.807, 2.05) is 10.9 Å². The Morgan fingerprint density at radius 2 is 2.28 bits per heavy atom. The number of aromatic nitrogens is 4. The zero-order valence-corrected chi connectivity index (χ0v) is 15.3. The molecule has 0 saturated carbocycles. The molecule has 2 aromatic rings. The summed E-state index contributed by atoms with van der Waals surface area (Å²) in [5.41, 5.74) is 0.557. The zero-order chi connectivity index (χ0) is 18.0. The van der Waals surface area contributed by atoms with Crippen LogP contribution in [-0.4, -0.2) is 43.8 Å². The van der Waals surface area contributed by atoms with Gasteiger partial charge in [0.05, 0.1) is 6.20 Å². The van der Waals surface area contributed by atoms with E-state index in [4.69, 9.17) is 4.52 Å². The van der Waals surface area contributed by atoms with Gasteiger partial charge >= 0.3 is 0 Å². The number of hydrogen-bond donors (Lipinski definition) is 1. The third-order valence-corrected chi connectivity index (χ3v) is 4.35. The first-order valence-corrected chi connectivity index (χ1v) is 8.69. The minimum absolute atomic E-state index is 0.0949. The van der Waals surface area contributed by atoms with E-state index in [2.05, 4.69) is 45.5 Å². The highest BCUT2D eigenvalue weighted by Gasteiger charge is 2.45. The Morgan fingerprint density at radius 1 is 1.48 bits per heavy atom. The second-order valence-electron chi connectivity index (χ2n) is 7.34. The Morgan fingerprint density at radius 3 is 2.92 bits per heavy atom. The molecule has 0 aliphatic carbocycles. The van der Waals surface area contributed by atoms with Gasteiger partial charge in [-0.25, -0.2) is 0 Å². The Labute approximate surface area is 147 Å². The molecule has 136 valence electrons. The second-order valence-corrected chi connectivity index (χ2v) is 7.34. The summed E-state index contributed by atoms with van der Waals surface area (Å²) in [7, 11) is 0. The molecule has 1 aliphatic heterocycles. The van der Waals surface area contributed by atoms with Gasteiger partial charge in [0.15, 0.2) is 5.82 Å². The fraction of sp³-hybridized carbons (Fsp3) is 0.647. The largest absolute Gasteiger partial charge is 0.341 e. The van der Waals surface area contributed by atoms with Gasteiger partial charge in [0.25, 0.3) is 5.89 Å². The standard InChI is InChI=1S/C17H26N6O2/c1-12(2)8-23-10-15(7-18-23)9-22-6-5-17(11-22,20-14(4)24)16-19-13(3)21-25-16/h7,10,12H,5-6,8-9,11H2,1-4H3,(H,20,24). The average Bonchev–Trinajstić information content (AvgIpc) is 3.20. The molecule has 0 bridgehead atoms. The molecule has 0 aromatic carbocycles. The number of nitrogens with one attached hydrogen (secondary N) is 1. The molecular formula is C17H26N6O2. The van der Waals surface area contributed by atoms with E-state index in [-0.39, 0.29) is 5.91 Å². The van der Waals surface area contributed by atoms with Crippen molar-refractivity contribution in [1.29, 1.82) is 0 Å². The van der Waals surface area contributed by atoms with Gasteiger partial charge in [0.1, 0.15) is 5.54 Å². The lowest BCUT2D eigenvalue weighted by Gasteiger charge is -2.26. The third-order valence-electron chi connectivity index (χ3n) is 4.35. The predicted molar refractivity (Wildman–Crippen MR) is 91.5 cm³/mol. The number of nitrogens with zero attached hydrogens (tertiary/aromatic N) is 5. The van der Waals surface area contributed by atoms with Crippen LogP contribution in [0.3, 0.4) is 0 Å². The number of amides is 1. The maximum atomic E-state index is 11.7. The van der Waals surface area contributed by atoms with Crippen LogP contribution in [0.1, 0.15) is 44.5 Å². The van der Waals surface area contributed by atoms with Crippen LogP contribution in [0.4, 0.5) is 0 Å². The molecule has 1 fully saturated rings. The number of aryl methyl sites for hydroxylation is 1. The molecule has 3 rings (SSSR count). The zero-order valence-electron chi connectivity index (χ0n) is 15.3. The minimum atomic E-state index is -0.610. The number of likely N-dealkylation sites (tertiary alicyclic amines) is 1. The van der Waals surface area contributed by atoms with Crippen molar-refractivity contribution in [1.82, 2.24) is 30.1 Å². The lowest BCUT2D eigenvalue weighted by molar-refractivity contribution is -0.121. The molecule has 1 saturated heterocycles. The molecule has 1 N–H and O–H groups in total. The second kappa shape index (κ2) is 6.95. The van der Waals surface area contributed by atoms with Crippen LogP contribution < -0.4 is 5.32 Å². The SMILES string of the molecule is CC(=O)NC1(c2nc(C)no2)CCN(Cc2cnn(CC(C)C)c2)C1. The van der Waals surface area contributed by atoms with Crippen LogP contribution in [-0.2, 0) is 23.4 Å². The molecule has 1 atom stereocenters. The lowest BCUT2D eigenvalue weighted by atomic mass is 9.98. The van der Waals surface area contributed by atoms with Crippen molar-refractivity contribution in [2.75, 3.05) is 13.1 Å².